The Labute approximate surface area is 238 Å². The van der Waals surface area contributed by atoms with Crippen LogP contribution in [0, 0.1) is 58.9 Å². The number of nitrogens with zero attached hydrogens (tertiary/aromatic N) is 1. The zero-order chi connectivity index (χ0) is 30.6. The van der Waals surface area contributed by atoms with Gasteiger partial charge in [0, 0.05) is 0 Å². The maximum absolute atomic E-state index is 7.50. The summed E-state index contributed by atoms with van der Waals surface area (Å²) in [5.41, 5.74) is 7.19. The number of anilines is 1. The van der Waals surface area contributed by atoms with Gasteiger partial charge in [-0.2, -0.15) is 0 Å². The molecular weight excluding hydrogens is 534 g/mol. The molecule has 0 aliphatic heterocycles. The fourth-order valence-electron chi connectivity index (χ4n) is 3.08. The van der Waals surface area contributed by atoms with Gasteiger partial charge in [0.05, 0.1) is 0 Å². The molecule has 39 heavy (non-hydrogen) atoms. The van der Waals surface area contributed by atoms with Crippen molar-refractivity contribution in [2.45, 2.75) is 26.9 Å². The molecule has 0 unspecified atom stereocenters. The van der Waals surface area contributed by atoms with Crippen LogP contribution in [0.3, 0.4) is 0 Å². The van der Waals surface area contributed by atoms with Gasteiger partial charge in [0.15, 0.2) is 0 Å². The molecule has 7 nitrogen and oxygen atoms in total. The summed E-state index contributed by atoms with van der Waals surface area (Å²) in [6.07, 6.45) is 0. The van der Waals surface area contributed by atoms with E-state index in [2.05, 4.69) is 146 Å². The molecule has 0 heterocycles. The Morgan fingerprint density at radius 1 is 0.692 bits per heavy atom. The van der Waals surface area contributed by atoms with Crippen LogP contribution in [0.2, 0.25) is 0 Å². The van der Waals surface area contributed by atoms with Crippen molar-refractivity contribution >= 4 is 10.3 Å². The molecule has 0 aliphatic carbocycles. The number of hydrogen-bond donors (Lipinski definition) is 0. The molecule has 8 heteroatoms. The molecule has 0 amide bonds. The molecule has 196 valence electrons. The van der Waals surface area contributed by atoms with Crippen LogP contribution in [-0.2, 0) is 56.9 Å². The first-order valence-corrected chi connectivity index (χ1v) is 11.3. The number of aryl methyl sites for hydroxylation is 2. The molecule has 0 saturated heterocycles. The Balaban J connectivity index is -0.00000116. The number of rotatable bonds is 6. The molecule has 0 fully saturated rings. The molecule has 3 aromatic rings. The number of methoxy groups -OCH3 is 1. The summed E-state index contributed by atoms with van der Waals surface area (Å²) in [6.45, 7) is 28.4. The Bertz CT molecular complexity index is 1180. The van der Waals surface area contributed by atoms with E-state index in [9.17, 15) is 0 Å². The zero-order valence-corrected chi connectivity index (χ0v) is 22.9. The predicted molar refractivity (Wildman–Crippen MR) is 137 cm³/mol. The standard InChI is InChI=1S/C26H25NO.5CO.Cr/c1-21-10-14-23(15-11-21)19-27(20-24-16-12-22(2)13-17-24)26-9-5-4-7-25(26)8-6-18-28-3;5*1-2;/h4-5,7,9-17H,19-20H2,1-3H3;;;;;;. The van der Waals surface area contributed by atoms with E-state index in [4.69, 9.17) is 28.0 Å². The molecule has 0 atom stereocenters. The van der Waals surface area contributed by atoms with Gasteiger partial charge in [-0.1, -0.05) is 0 Å². The predicted octanol–water partition coefficient (Wildman–Crippen LogP) is 5.00. The van der Waals surface area contributed by atoms with Crippen molar-refractivity contribution in [3.63, 3.8) is 0 Å². The third-order valence-corrected chi connectivity index (χ3v) is 5.14. The second-order valence-corrected chi connectivity index (χ2v) is 7.66. The summed E-state index contributed by atoms with van der Waals surface area (Å²) in [4.78, 5) is 2.38. The van der Waals surface area contributed by atoms with Crippen LogP contribution in [0.4, 0.5) is 5.69 Å². The van der Waals surface area contributed by atoms with Gasteiger partial charge in [0.2, 0.25) is 0 Å². The average molecular weight is 560 g/mol. The molecule has 3 rings (SSSR count). The first-order chi connectivity index (χ1) is 19.0. The van der Waals surface area contributed by atoms with Crippen molar-refractivity contribution in [3.8, 4) is 11.8 Å². The fourth-order valence-corrected chi connectivity index (χ4v) is 3.16. The molecule has 0 aliphatic rings. The Hall–Kier alpha value is -3.92. The van der Waals surface area contributed by atoms with E-state index in [1.165, 1.54) is 22.3 Å². The molecule has 0 saturated carbocycles. The Morgan fingerprint density at radius 2 is 1.08 bits per heavy atom. The van der Waals surface area contributed by atoms with E-state index in [-0.39, 0.29) is 0 Å². The number of ether oxygens (including phenoxy) is 1. The van der Waals surface area contributed by atoms with Crippen LogP contribution in [-0.4, -0.2) is 11.7 Å². The Kier molecular flexibility index (Phi) is 27.5. The van der Waals surface area contributed by atoms with Crippen LogP contribution in [0.1, 0.15) is 27.8 Å². The van der Waals surface area contributed by atoms with Gasteiger partial charge in [-0.3, -0.25) is 0 Å². The van der Waals surface area contributed by atoms with Crippen molar-refractivity contribution < 1.29 is 43.8 Å². The van der Waals surface area contributed by atoms with Crippen molar-refractivity contribution in [1.82, 2.24) is 0 Å². The molecule has 0 bridgehead atoms. The fraction of sp³-hybridized carbons (Fsp3) is 0.161. The third kappa shape index (κ3) is 16.5. The average Bonchev–Trinajstić information content (AvgIpc) is 3.03. The van der Waals surface area contributed by atoms with E-state index < -0.39 is 0 Å². The number of benzene rings is 3. The monoisotopic (exact) mass is 559 g/mol. The second kappa shape index (κ2) is 27.1. The van der Waals surface area contributed by atoms with Gasteiger partial charge in [-0.25, -0.2) is 0 Å². The van der Waals surface area contributed by atoms with E-state index in [0.717, 1.165) is 24.3 Å². The van der Waals surface area contributed by atoms with E-state index >= 15 is 0 Å². The first-order valence-electron chi connectivity index (χ1n) is 10.6. The van der Waals surface area contributed by atoms with E-state index in [1.54, 1.807) is 7.11 Å². The number of para-hydroxylation sites is 1. The van der Waals surface area contributed by atoms with Crippen molar-refractivity contribution in [2.24, 2.45) is 0 Å². The minimum atomic E-state index is 0.587. The second-order valence-electron chi connectivity index (χ2n) is 7.09. The van der Waals surface area contributed by atoms with Gasteiger partial charge < -0.3 is 0 Å². The molecule has 0 aromatic heterocycles. The summed E-state index contributed by atoms with van der Waals surface area (Å²) in [7, 11) is 1.62. The van der Waals surface area contributed by atoms with Gasteiger partial charge in [0.25, 0.3) is 0 Å². The molecular formula is C31H25CrNO6. The van der Waals surface area contributed by atoms with Crippen LogP contribution >= 0.6 is 0 Å². The summed E-state index contributed by atoms with van der Waals surface area (Å²) in [6, 6.07) is 25.7. The third-order valence-electron chi connectivity index (χ3n) is 4.72. The van der Waals surface area contributed by atoms with E-state index in [0.29, 0.717) is 4.57 Å². The normalized spacial score (nSPS) is 7.82. The molecule has 3 aromatic carbocycles. The van der Waals surface area contributed by atoms with Crippen molar-refractivity contribution in [1.29, 1.82) is 0 Å². The SMILES string of the molecule is CO[C](=[Cr])C#Cc1ccccc1N(Cc1ccc(C)cc1)Cc1ccc(C)cc1.[C-]#[O+].[C-]#[O+].[C-]#[O+].[C-]#[O+].[C-]#[O+]. The van der Waals surface area contributed by atoms with Gasteiger partial charge in [0.1, 0.15) is 0 Å². The quantitative estimate of drug-likeness (QED) is 0.241. The van der Waals surface area contributed by atoms with Crippen molar-refractivity contribution in [2.75, 3.05) is 12.0 Å². The molecule has 0 N–H and O–H groups in total. The zero-order valence-electron chi connectivity index (χ0n) is 21.6. The van der Waals surface area contributed by atoms with Gasteiger partial charge in [-0.15, -0.1) is 0 Å². The topological polar surface area (TPSA) is 112 Å². The summed E-state index contributed by atoms with van der Waals surface area (Å²) < 4.78 is 43.2. The van der Waals surface area contributed by atoms with Gasteiger partial charge in [-0.05, 0) is 0 Å². The summed E-state index contributed by atoms with van der Waals surface area (Å²) in [5.74, 6) is 6.30. The van der Waals surface area contributed by atoms with Crippen LogP contribution in [0.15, 0.2) is 72.8 Å². The van der Waals surface area contributed by atoms with Crippen molar-refractivity contribution in [3.05, 3.63) is 134 Å². The van der Waals surface area contributed by atoms with E-state index in [1.807, 2.05) is 6.07 Å². The minimum absolute atomic E-state index is 0.587. The Morgan fingerprint density at radius 3 is 1.46 bits per heavy atom. The summed E-state index contributed by atoms with van der Waals surface area (Å²) in [5, 5.41) is 0. The summed E-state index contributed by atoms with van der Waals surface area (Å²) >= 11 is 2.84. The maximum atomic E-state index is 7.50. The van der Waals surface area contributed by atoms with Gasteiger partial charge >= 0.3 is 239 Å². The first kappa shape index (κ1) is 39.6. The molecule has 0 radical (unpaired) electrons. The molecule has 0 spiro atoms. The number of hydrogen-bond acceptors (Lipinski definition) is 2. The van der Waals surface area contributed by atoms with Crippen LogP contribution < -0.4 is 4.90 Å². The van der Waals surface area contributed by atoms with Crippen LogP contribution in [0.5, 0.6) is 0 Å². The van der Waals surface area contributed by atoms with Crippen LogP contribution in [0.25, 0.3) is 0 Å².